The highest BCUT2D eigenvalue weighted by molar-refractivity contribution is 9.10. The van der Waals surface area contributed by atoms with E-state index in [4.69, 9.17) is 10.1 Å². The van der Waals surface area contributed by atoms with E-state index in [0.717, 1.165) is 15.6 Å². The molecular formula is C15H11BrN2O. The molecular weight excluding hydrogens is 304 g/mol. The van der Waals surface area contributed by atoms with Crippen molar-refractivity contribution < 1.29 is 4.84 Å². The van der Waals surface area contributed by atoms with Gasteiger partial charge in [0.1, 0.15) is 6.61 Å². The van der Waals surface area contributed by atoms with Gasteiger partial charge in [-0.2, -0.15) is 5.26 Å². The van der Waals surface area contributed by atoms with E-state index in [0.29, 0.717) is 12.2 Å². The van der Waals surface area contributed by atoms with Gasteiger partial charge in [0.2, 0.25) is 0 Å². The molecule has 2 aromatic rings. The average molecular weight is 315 g/mol. The predicted molar refractivity (Wildman–Crippen MR) is 77.7 cm³/mol. The summed E-state index contributed by atoms with van der Waals surface area (Å²) >= 11 is 3.37. The van der Waals surface area contributed by atoms with E-state index < -0.39 is 0 Å². The summed E-state index contributed by atoms with van der Waals surface area (Å²) in [5.74, 6) is 0. The van der Waals surface area contributed by atoms with Crippen molar-refractivity contribution in [1.82, 2.24) is 0 Å². The molecule has 0 aliphatic rings. The fourth-order valence-electron chi connectivity index (χ4n) is 1.43. The Morgan fingerprint density at radius 3 is 2.42 bits per heavy atom. The van der Waals surface area contributed by atoms with E-state index in [1.165, 1.54) is 0 Å². The lowest BCUT2D eigenvalue weighted by molar-refractivity contribution is 0.132. The lowest BCUT2D eigenvalue weighted by Gasteiger charge is -1.99. The second-order valence-electron chi connectivity index (χ2n) is 3.87. The van der Waals surface area contributed by atoms with Crippen molar-refractivity contribution in [2.24, 2.45) is 5.16 Å². The Kier molecular flexibility index (Phi) is 4.71. The van der Waals surface area contributed by atoms with Gasteiger partial charge in [0.05, 0.1) is 17.8 Å². The number of hydrogen-bond acceptors (Lipinski definition) is 3. The Morgan fingerprint density at radius 1 is 1.11 bits per heavy atom. The van der Waals surface area contributed by atoms with Gasteiger partial charge in [-0.25, -0.2) is 0 Å². The molecule has 2 rings (SSSR count). The van der Waals surface area contributed by atoms with Crippen LogP contribution in [0.3, 0.4) is 0 Å². The molecule has 0 saturated heterocycles. The lowest BCUT2D eigenvalue weighted by Crippen LogP contribution is -1.88. The number of nitrogens with zero attached hydrogens (tertiary/aromatic N) is 2. The molecule has 0 amide bonds. The third-order valence-corrected chi connectivity index (χ3v) is 2.99. The van der Waals surface area contributed by atoms with Crippen molar-refractivity contribution in [3.8, 4) is 6.07 Å². The molecule has 2 aromatic carbocycles. The second kappa shape index (κ2) is 6.72. The third kappa shape index (κ3) is 4.23. The lowest BCUT2D eigenvalue weighted by atomic mass is 10.2. The third-order valence-electron chi connectivity index (χ3n) is 2.46. The van der Waals surface area contributed by atoms with Crippen molar-refractivity contribution in [3.63, 3.8) is 0 Å². The smallest absolute Gasteiger partial charge is 0.142 e. The molecule has 0 aliphatic carbocycles. The van der Waals surface area contributed by atoms with E-state index in [1.807, 2.05) is 36.4 Å². The molecule has 0 unspecified atom stereocenters. The fraction of sp³-hybridized carbons (Fsp3) is 0.0667. The van der Waals surface area contributed by atoms with Gasteiger partial charge in [0, 0.05) is 4.47 Å². The zero-order chi connectivity index (χ0) is 13.5. The molecule has 0 N–H and O–H groups in total. The molecule has 94 valence electrons. The molecule has 0 bridgehead atoms. The van der Waals surface area contributed by atoms with Crippen molar-refractivity contribution >= 4 is 22.1 Å². The minimum absolute atomic E-state index is 0.388. The maximum Gasteiger partial charge on any atom is 0.142 e. The van der Waals surface area contributed by atoms with Gasteiger partial charge < -0.3 is 4.84 Å². The number of halogens is 1. The SMILES string of the molecule is N#Cc1ccc(CO/N=C\c2ccc(Br)cc2)cc1. The Labute approximate surface area is 120 Å². The molecule has 0 saturated carbocycles. The molecule has 0 aliphatic heterocycles. The topological polar surface area (TPSA) is 45.4 Å². The van der Waals surface area contributed by atoms with Gasteiger partial charge in [0.25, 0.3) is 0 Å². The van der Waals surface area contributed by atoms with E-state index in [2.05, 4.69) is 27.2 Å². The number of rotatable bonds is 4. The summed E-state index contributed by atoms with van der Waals surface area (Å²) < 4.78 is 1.03. The monoisotopic (exact) mass is 314 g/mol. The van der Waals surface area contributed by atoms with Crippen molar-refractivity contribution in [3.05, 3.63) is 69.7 Å². The highest BCUT2D eigenvalue weighted by Crippen LogP contribution is 2.09. The maximum absolute atomic E-state index is 8.68. The summed E-state index contributed by atoms with van der Waals surface area (Å²) in [7, 11) is 0. The van der Waals surface area contributed by atoms with Crippen molar-refractivity contribution in [2.75, 3.05) is 0 Å². The Hall–Kier alpha value is -2.12. The summed E-state index contributed by atoms with van der Waals surface area (Å²) in [6, 6.07) is 17.1. The number of oxime groups is 1. The zero-order valence-electron chi connectivity index (χ0n) is 10.1. The summed E-state index contributed by atoms with van der Waals surface area (Å²) in [6.45, 7) is 0.388. The largest absolute Gasteiger partial charge is 0.391 e. The molecule has 0 fully saturated rings. The van der Waals surface area contributed by atoms with Gasteiger partial charge in [-0.15, -0.1) is 0 Å². The number of nitriles is 1. The second-order valence-corrected chi connectivity index (χ2v) is 4.78. The van der Waals surface area contributed by atoms with Crippen LogP contribution < -0.4 is 0 Å². The van der Waals surface area contributed by atoms with Gasteiger partial charge in [-0.3, -0.25) is 0 Å². The van der Waals surface area contributed by atoms with Gasteiger partial charge in [0.15, 0.2) is 0 Å². The highest BCUT2D eigenvalue weighted by atomic mass is 79.9. The van der Waals surface area contributed by atoms with Crippen LogP contribution in [-0.4, -0.2) is 6.21 Å². The molecule has 0 aromatic heterocycles. The maximum atomic E-state index is 8.68. The summed E-state index contributed by atoms with van der Waals surface area (Å²) in [5.41, 5.74) is 2.59. The predicted octanol–water partition coefficient (Wildman–Crippen LogP) is 3.87. The first-order valence-electron chi connectivity index (χ1n) is 5.68. The quantitative estimate of drug-likeness (QED) is 0.635. The first-order valence-corrected chi connectivity index (χ1v) is 6.47. The van der Waals surface area contributed by atoms with Crippen molar-refractivity contribution in [2.45, 2.75) is 6.61 Å². The normalized spacial score (nSPS) is 10.3. The average Bonchev–Trinajstić information content (AvgIpc) is 2.46. The van der Waals surface area contributed by atoms with Crippen LogP contribution >= 0.6 is 15.9 Å². The Balaban J connectivity index is 1.85. The fourth-order valence-corrected chi connectivity index (χ4v) is 1.70. The summed E-state index contributed by atoms with van der Waals surface area (Å²) in [6.07, 6.45) is 1.66. The van der Waals surface area contributed by atoms with Crippen LogP contribution in [0.5, 0.6) is 0 Å². The molecule has 0 spiro atoms. The van der Waals surface area contributed by atoms with E-state index >= 15 is 0 Å². The van der Waals surface area contributed by atoms with Crippen LogP contribution in [0.1, 0.15) is 16.7 Å². The van der Waals surface area contributed by atoms with Crippen LogP contribution in [0.15, 0.2) is 58.2 Å². The zero-order valence-corrected chi connectivity index (χ0v) is 11.7. The van der Waals surface area contributed by atoms with Crippen LogP contribution in [0.25, 0.3) is 0 Å². The molecule has 19 heavy (non-hydrogen) atoms. The Morgan fingerprint density at radius 2 is 1.79 bits per heavy atom. The van der Waals surface area contributed by atoms with Crippen LogP contribution in [-0.2, 0) is 11.4 Å². The standard InChI is InChI=1S/C15H11BrN2O/c16-15-7-5-13(6-8-15)10-18-19-11-14-3-1-12(9-17)2-4-14/h1-8,10H,11H2/b18-10-. The highest BCUT2D eigenvalue weighted by Gasteiger charge is 1.94. The van der Waals surface area contributed by atoms with Crippen LogP contribution in [0, 0.1) is 11.3 Å². The van der Waals surface area contributed by atoms with Crippen LogP contribution in [0.4, 0.5) is 0 Å². The number of benzene rings is 2. The minimum atomic E-state index is 0.388. The van der Waals surface area contributed by atoms with Gasteiger partial charge in [-0.1, -0.05) is 45.4 Å². The molecule has 3 nitrogen and oxygen atoms in total. The van der Waals surface area contributed by atoms with Gasteiger partial charge >= 0.3 is 0 Å². The molecule has 4 heteroatoms. The molecule has 0 atom stereocenters. The summed E-state index contributed by atoms with van der Waals surface area (Å²) in [4.78, 5) is 5.20. The Bertz CT molecular complexity index is 598. The van der Waals surface area contributed by atoms with E-state index in [-0.39, 0.29) is 0 Å². The first-order chi connectivity index (χ1) is 9.28. The van der Waals surface area contributed by atoms with Crippen LogP contribution in [0.2, 0.25) is 0 Å². The molecule has 0 heterocycles. The molecule has 0 radical (unpaired) electrons. The van der Waals surface area contributed by atoms with E-state index in [9.17, 15) is 0 Å². The van der Waals surface area contributed by atoms with Gasteiger partial charge in [-0.05, 0) is 35.4 Å². The van der Waals surface area contributed by atoms with Crippen molar-refractivity contribution in [1.29, 1.82) is 5.26 Å². The number of hydrogen-bond donors (Lipinski definition) is 0. The summed E-state index contributed by atoms with van der Waals surface area (Å²) in [5, 5.41) is 12.6. The first kappa shape index (κ1) is 13.3. The minimum Gasteiger partial charge on any atom is -0.391 e. The van der Waals surface area contributed by atoms with E-state index in [1.54, 1.807) is 18.3 Å².